The Morgan fingerprint density at radius 3 is 2.67 bits per heavy atom. The normalized spacial score (nSPS) is 25.4. The van der Waals surface area contributed by atoms with Crippen molar-refractivity contribution in [2.75, 3.05) is 12.3 Å². The lowest BCUT2D eigenvalue weighted by Gasteiger charge is -2.32. The second-order valence-corrected chi connectivity index (χ2v) is 5.58. The van der Waals surface area contributed by atoms with E-state index in [9.17, 15) is 4.79 Å². The first-order valence-electron chi connectivity index (χ1n) is 7.49. The highest BCUT2D eigenvalue weighted by molar-refractivity contribution is 5.97. The van der Waals surface area contributed by atoms with Crippen molar-refractivity contribution in [1.82, 2.24) is 5.32 Å². The van der Waals surface area contributed by atoms with E-state index in [1.807, 2.05) is 20.8 Å². The standard InChI is InChI=1S/C16H24N2O3/c1-4-18-16(19)14-6-5-12(17)9-15(14)21-13-7-10(2)20-11(3)8-13/h5-6,9-11,13H,4,7-8,17H2,1-3H3,(H,18,19). The largest absolute Gasteiger partial charge is 0.489 e. The number of amides is 1. The topological polar surface area (TPSA) is 73.6 Å². The molecule has 21 heavy (non-hydrogen) atoms. The fraction of sp³-hybridized carbons (Fsp3) is 0.562. The Hall–Kier alpha value is -1.75. The molecule has 2 atom stereocenters. The van der Waals surface area contributed by atoms with Crippen LogP contribution in [0.2, 0.25) is 0 Å². The van der Waals surface area contributed by atoms with Crippen molar-refractivity contribution in [3.05, 3.63) is 23.8 Å². The van der Waals surface area contributed by atoms with Gasteiger partial charge in [-0.1, -0.05) is 0 Å². The lowest BCUT2D eigenvalue weighted by Crippen LogP contribution is -2.36. The number of nitrogens with two attached hydrogens (primary N) is 1. The molecule has 1 aliphatic rings. The summed E-state index contributed by atoms with van der Waals surface area (Å²) in [6.07, 6.45) is 1.99. The van der Waals surface area contributed by atoms with Crippen molar-refractivity contribution in [3.8, 4) is 5.75 Å². The number of carbonyl (C=O) groups excluding carboxylic acids is 1. The molecule has 2 unspecified atom stereocenters. The van der Waals surface area contributed by atoms with E-state index in [-0.39, 0.29) is 24.2 Å². The summed E-state index contributed by atoms with van der Waals surface area (Å²) in [6, 6.07) is 5.14. The van der Waals surface area contributed by atoms with E-state index >= 15 is 0 Å². The highest BCUT2D eigenvalue weighted by atomic mass is 16.5. The van der Waals surface area contributed by atoms with Gasteiger partial charge in [-0.15, -0.1) is 0 Å². The zero-order valence-corrected chi connectivity index (χ0v) is 12.9. The zero-order valence-electron chi connectivity index (χ0n) is 12.9. The van der Waals surface area contributed by atoms with Gasteiger partial charge in [-0.2, -0.15) is 0 Å². The molecule has 1 fully saturated rings. The van der Waals surface area contributed by atoms with Crippen LogP contribution in [0.5, 0.6) is 5.75 Å². The predicted octanol–water partition coefficient (Wildman–Crippen LogP) is 2.35. The minimum atomic E-state index is -0.138. The maximum Gasteiger partial charge on any atom is 0.255 e. The summed E-state index contributed by atoms with van der Waals surface area (Å²) in [7, 11) is 0. The van der Waals surface area contributed by atoms with Gasteiger partial charge >= 0.3 is 0 Å². The van der Waals surface area contributed by atoms with Gasteiger partial charge in [-0.3, -0.25) is 4.79 Å². The van der Waals surface area contributed by atoms with Crippen molar-refractivity contribution < 1.29 is 14.3 Å². The Kier molecular flexibility index (Phi) is 5.07. The number of ether oxygens (including phenoxy) is 2. The molecule has 0 bridgehead atoms. The predicted molar refractivity (Wildman–Crippen MR) is 82.5 cm³/mol. The third kappa shape index (κ3) is 4.11. The van der Waals surface area contributed by atoms with E-state index in [0.717, 1.165) is 12.8 Å². The van der Waals surface area contributed by atoms with Gasteiger partial charge in [-0.05, 0) is 32.9 Å². The van der Waals surface area contributed by atoms with Gasteiger partial charge < -0.3 is 20.5 Å². The Morgan fingerprint density at radius 2 is 2.05 bits per heavy atom. The van der Waals surface area contributed by atoms with Crippen LogP contribution in [0.3, 0.4) is 0 Å². The quantitative estimate of drug-likeness (QED) is 0.835. The number of nitrogen functional groups attached to an aromatic ring is 1. The summed E-state index contributed by atoms with van der Waals surface area (Å²) in [5, 5.41) is 2.79. The van der Waals surface area contributed by atoms with Gasteiger partial charge in [0, 0.05) is 31.1 Å². The molecule has 0 radical (unpaired) electrons. The van der Waals surface area contributed by atoms with Gasteiger partial charge in [0.05, 0.1) is 17.8 Å². The summed E-state index contributed by atoms with van der Waals surface area (Å²) in [4.78, 5) is 12.1. The van der Waals surface area contributed by atoms with Gasteiger partial charge in [0.15, 0.2) is 0 Å². The molecule has 1 saturated heterocycles. The number of hydrogen-bond donors (Lipinski definition) is 2. The lowest BCUT2D eigenvalue weighted by molar-refractivity contribution is -0.0722. The van der Waals surface area contributed by atoms with E-state index in [0.29, 0.717) is 23.5 Å². The SMILES string of the molecule is CCNC(=O)c1ccc(N)cc1OC1CC(C)OC(C)C1. The summed E-state index contributed by atoms with van der Waals surface area (Å²) < 4.78 is 11.8. The highest BCUT2D eigenvalue weighted by Gasteiger charge is 2.27. The van der Waals surface area contributed by atoms with Gasteiger partial charge in [-0.25, -0.2) is 0 Å². The van der Waals surface area contributed by atoms with E-state index in [4.69, 9.17) is 15.2 Å². The molecule has 1 aliphatic heterocycles. The Bertz CT molecular complexity index is 494. The number of nitrogens with one attached hydrogen (secondary N) is 1. The van der Waals surface area contributed by atoms with E-state index < -0.39 is 0 Å². The van der Waals surface area contributed by atoms with Gasteiger partial charge in [0.25, 0.3) is 5.91 Å². The van der Waals surface area contributed by atoms with Crippen molar-refractivity contribution in [1.29, 1.82) is 0 Å². The second-order valence-electron chi connectivity index (χ2n) is 5.58. The van der Waals surface area contributed by atoms with E-state index in [2.05, 4.69) is 5.32 Å². The summed E-state index contributed by atoms with van der Waals surface area (Å²) >= 11 is 0. The van der Waals surface area contributed by atoms with Crippen LogP contribution < -0.4 is 15.8 Å². The number of benzene rings is 1. The number of hydrogen-bond acceptors (Lipinski definition) is 4. The summed E-state index contributed by atoms with van der Waals surface area (Å²) in [6.45, 7) is 6.54. The summed E-state index contributed by atoms with van der Waals surface area (Å²) in [5.74, 6) is 0.410. The maximum atomic E-state index is 12.1. The van der Waals surface area contributed by atoms with Gasteiger partial charge in [0.2, 0.25) is 0 Å². The number of carbonyl (C=O) groups is 1. The zero-order chi connectivity index (χ0) is 15.4. The molecule has 5 nitrogen and oxygen atoms in total. The number of anilines is 1. The van der Waals surface area contributed by atoms with Crippen LogP contribution >= 0.6 is 0 Å². The lowest BCUT2D eigenvalue weighted by atomic mass is 10.0. The third-order valence-corrected chi connectivity index (χ3v) is 3.54. The molecular weight excluding hydrogens is 268 g/mol. The fourth-order valence-electron chi connectivity index (χ4n) is 2.70. The first-order chi connectivity index (χ1) is 9.99. The van der Waals surface area contributed by atoms with Crippen molar-refractivity contribution >= 4 is 11.6 Å². The smallest absolute Gasteiger partial charge is 0.255 e. The molecule has 0 spiro atoms. The first kappa shape index (κ1) is 15.6. The minimum Gasteiger partial charge on any atom is -0.489 e. The molecule has 0 aromatic heterocycles. The molecule has 3 N–H and O–H groups in total. The van der Waals surface area contributed by atoms with E-state index in [1.54, 1.807) is 18.2 Å². The van der Waals surface area contributed by atoms with Crippen LogP contribution in [0.1, 0.15) is 44.0 Å². The highest BCUT2D eigenvalue weighted by Crippen LogP contribution is 2.28. The monoisotopic (exact) mass is 292 g/mol. The molecule has 0 aliphatic carbocycles. The van der Waals surface area contributed by atoms with Crippen LogP contribution in [0, 0.1) is 0 Å². The van der Waals surface area contributed by atoms with E-state index in [1.165, 1.54) is 0 Å². The van der Waals surface area contributed by atoms with Crippen molar-refractivity contribution in [2.45, 2.75) is 51.9 Å². The maximum absolute atomic E-state index is 12.1. The van der Waals surface area contributed by atoms with Crippen LogP contribution in [-0.2, 0) is 4.74 Å². The molecule has 1 amide bonds. The van der Waals surface area contributed by atoms with Gasteiger partial charge in [0.1, 0.15) is 11.9 Å². The molecule has 1 aromatic carbocycles. The Balaban J connectivity index is 2.18. The average Bonchev–Trinajstić information content (AvgIpc) is 2.37. The van der Waals surface area contributed by atoms with Crippen molar-refractivity contribution in [2.24, 2.45) is 0 Å². The Morgan fingerprint density at radius 1 is 1.38 bits per heavy atom. The fourth-order valence-corrected chi connectivity index (χ4v) is 2.70. The molecule has 116 valence electrons. The second kappa shape index (κ2) is 6.80. The minimum absolute atomic E-state index is 0.0405. The molecule has 1 heterocycles. The summed E-state index contributed by atoms with van der Waals surface area (Å²) in [5.41, 5.74) is 6.94. The van der Waals surface area contributed by atoms with Crippen LogP contribution in [-0.4, -0.2) is 30.8 Å². The average molecular weight is 292 g/mol. The van der Waals surface area contributed by atoms with Crippen molar-refractivity contribution in [3.63, 3.8) is 0 Å². The number of rotatable bonds is 4. The molecule has 1 aromatic rings. The van der Waals surface area contributed by atoms with Crippen LogP contribution in [0.15, 0.2) is 18.2 Å². The molecule has 5 heteroatoms. The molecular formula is C16H24N2O3. The molecule has 0 saturated carbocycles. The Labute approximate surface area is 125 Å². The first-order valence-corrected chi connectivity index (χ1v) is 7.49. The third-order valence-electron chi connectivity index (χ3n) is 3.54. The van der Waals surface area contributed by atoms with Crippen LogP contribution in [0.4, 0.5) is 5.69 Å². The molecule has 2 rings (SSSR count). The van der Waals surface area contributed by atoms with Crippen LogP contribution in [0.25, 0.3) is 0 Å².